The lowest BCUT2D eigenvalue weighted by Crippen LogP contribution is -2.42. The van der Waals surface area contributed by atoms with Crippen LogP contribution in [0.5, 0.6) is 5.75 Å². The molecule has 2 N–H and O–H groups in total. The van der Waals surface area contributed by atoms with E-state index < -0.39 is 23.1 Å². The molecule has 1 saturated heterocycles. The summed E-state index contributed by atoms with van der Waals surface area (Å²) < 4.78 is 55.1. The molecule has 0 spiro atoms. The molecule has 0 radical (unpaired) electrons. The molecule has 0 aromatic heterocycles. The molecule has 118 valence electrons. The molecule has 1 fully saturated rings. The summed E-state index contributed by atoms with van der Waals surface area (Å²) in [5.41, 5.74) is 5.76. The second kappa shape index (κ2) is 6.67. The average molecular weight is 320 g/mol. The number of piperidine rings is 1. The molecule has 5 nitrogen and oxygen atoms in total. The molecule has 2 rings (SSSR count). The van der Waals surface area contributed by atoms with Gasteiger partial charge in [-0.15, -0.1) is 0 Å². The van der Waals surface area contributed by atoms with E-state index >= 15 is 0 Å². The minimum absolute atomic E-state index is 0.0431. The lowest BCUT2D eigenvalue weighted by molar-refractivity contribution is 0.0819. The van der Waals surface area contributed by atoms with Crippen LogP contribution in [0.1, 0.15) is 12.8 Å². The summed E-state index contributed by atoms with van der Waals surface area (Å²) in [6, 6.07) is 5.53. The van der Waals surface area contributed by atoms with Gasteiger partial charge in [-0.1, -0.05) is 0 Å². The van der Waals surface area contributed by atoms with Crippen LogP contribution in [-0.4, -0.2) is 44.9 Å². The first kappa shape index (κ1) is 16.1. The minimum Gasteiger partial charge on any atom is -0.488 e. The Bertz CT molecular complexity index is 555. The third-order valence-electron chi connectivity index (χ3n) is 3.34. The van der Waals surface area contributed by atoms with Crippen molar-refractivity contribution in [1.29, 1.82) is 0 Å². The number of halogens is 2. The molecule has 8 heteroatoms. The highest BCUT2D eigenvalue weighted by Crippen LogP contribution is 2.22. The summed E-state index contributed by atoms with van der Waals surface area (Å²) in [4.78, 5) is 0.127. The fraction of sp³-hybridized carbons (Fsp3) is 0.538. The zero-order valence-electron chi connectivity index (χ0n) is 11.4. The average Bonchev–Trinajstić information content (AvgIpc) is 2.46. The van der Waals surface area contributed by atoms with Gasteiger partial charge in [-0.3, -0.25) is 0 Å². The standard InChI is InChI=1S/C13H18F2N2O3S/c14-13(15)9-20-11-1-3-12(4-2-11)21(18,19)17-7-5-10(16)6-8-17/h1-4,10,13H,5-9,16H2. The van der Waals surface area contributed by atoms with Crippen molar-refractivity contribution >= 4 is 10.0 Å². The number of nitrogens with zero attached hydrogens (tertiary/aromatic N) is 1. The summed E-state index contributed by atoms with van der Waals surface area (Å²) in [7, 11) is -3.56. The molecule has 0 saturated carbocycles. The highest BCUT2D eigenvalue weighted by molar-refractivity contribution is 7.89. The van der Waals surface area contributed by atoms with E-state index in [0.717, 1.165) is 0 Å². The topological polar surface area (TPSA) is 72.6 Å². The minimum atomic E-state index is -3.56. The maximum absolute atomic E-state index is 12.4. The Morgan fingerprint density at radius 2 is 1.81 bits per heavy atom. The van der Waals surface area contributed by atoms with Gasteiger partial charge in [0.2, 0.25) is 10.0 Å². The molecule has 0 unspecified atom stereocenters. The van der Waals surface area contributed by atoms with E-state index in [4.69, 9.17) is 10.5 Å². The number of nitrogens with two attached hydrogens (primary N) is 1. The van der Waals surface area contributed by atoms with Crippen molar-refractivity contribution in [2.45, 2.75) is 30.2 Å². The predicted octanol–water partition coefficient (Wildman–Crippen LogP) is 1.44. The first-order valence-corrected chi connectivity index (χ1v) is 8.10. The quantitative estimate of drug-likeness (QED) is 0.891. The Balaban J connectivity index is 2.06. The second-order valence-corrected chi connectivity index (χ2v) is 6.85. The third kappa shape index (κ3) is 4.12. The molecule has 21 heavy (non-hydrogen) atoms. The lowest BCUT2D eigenvalue weighted by atomic mass is 10.1. The monoisotopic (exact) mass is 320 g/mol. The summed E-state index contributed by atoms with van der Waals surface area (Å²) in [5.74, 6) is 0.218. The van der Waals surface area contributed by atoms with Crippen molar-refractivity contribution in [1.82, 2.24) is 4.31 Å². The first-order chi connectivity index (χ1) is 9.89. The highest BCUT2D eigenvalue weighted by atomic mass is 32.2. The first-order valence-electron chi connectivity index (χ1n) is 6.66. The Labute approximate surface area is 122 Å². The summed E-state index contributed by atoms with van der Waals surface area (Å²) in [6.07, 6.45) is -1.30. The number of hydrogen-bond acceptors (Lipinski definition) is 4. The van der Waals surface area contributed by atoms with Crippen molar-refractivity contribution in [3.63, 3.8) is 0 Å². The van der Waals surface area contributed by atoms with Gasteiger partial charge in [-0.25, -0.2) is 17.2 Å². The van der Waals surface area contributed by atoms with Crippen molar-refractivity contribution < 1.29 is 21.9 Å². The summed E-state index contributed by atoms with van der Waals surface area (Å²) in [5, 5.41) is 0. The van der Waals surface area contributed by atoms with Crippen molar-refractivity contribution in [2.24, 2.45) is 5.73 Å². The van der Waals surface area contributed by atoms with E-state index in [2.05, 4.69) is 0 Å². The highest BCUT2D eigenvalue weighted by Gasteiger charge is 2.28. The normalized spacial score (nSPS) is 18.1. The van der Waals surface area contributed by atoms with Crippen LogP contribution in [0.4, 0.5) is 8.78 Å². The summed E-state index contributed by atoms with van der Waals surface area (Å²) in [6.45, 7) is 0.0797. The fourth-order valence-corrected chi connectivity index (χ4v) is 3.60. The number of sulfonamides is 1. The Morgan fingerprint density at radius 1 is 1.24 bits per heavy atom. The van der Waals surface area contributed by atoms with Gasteiger partial charge in [0.1, 0.15) is 12.4 Å². The SMILES string of the molecule is NC1CCN(S(=O)(=O)c2ccc(OCC(F)F)cc2)CC1. The van der Waals surface area contributed by atoms with E-state index in [0.29, 0.717) is 25.9 Å². The van der Waals surface area contributed by atoms with E-state index in [-0.39, 0.29) is 16.7 Å². The predicted molar refractivity (Wildman–Crippen MR) is 73.9 cm³/mol. The van der Waals surface area contributed by atoms with Gasteiger partial charge in [0.25, 0.3) is 6.43 Å². The number of ether oxygens (including phenoxy) is 1. The van der Waals surface area contributed by atoms with Gasteiger partial charge < -0.3 is 10.5 Å². The van der Waals surface area contributed by atoms with Crippen LogP contribution in [0, 0.1) is 0 Å². The zero-order chi connectivity index (χ0) is 15.5. The third-order valence-corrected chi connectivity index (χ3v) is 5.25. The molecule has 1 aromatic carbocycles. The van der Waals surface area contributed by atoms with Gasteiger partial charge in [-0.05, 0) is 37.1 Å². The fourth-order valence-electron chi connectivity index (χ4n) is 2.13. The van der Waals surface area contributed by atoms with E-state index in [1.165, 1.54) is 28.6 Å². The number of alkyl halides is 2. The molecular weight excluding hydrogens is 302 g/mol. The van der Waals surface area contributed by atoms with Gasteiger partial charge in [0, 0.05) is 19.1 Å². The van der Waals surface area contributed by atoms with E-state index in [9.17, 15) is 17.2 Å². The van der Waals surface area contributed by atoms with Crippen LogP contribution >= 0.6 is 0 Å². The van der Waals surface area contributed by atoms with Crippen LogP contribution in [0.25, 0.3) is 0 Å². The molecule has 1 aromatic rings. The maximum atomic E-state index is 12.4. The molecule has 1 aliphatic heterocycles. The van der Waals surface area contributed by atoms with Gasteiger partial charge in [0.05, 0.1) is 4.90 Å². The largest absolute Gasteiger partial charge is 0.488 e. The van der Waals surface area contributed by atoms with Crippen LogP contribution < -0.4 is 10.5 Å². The van der Waals surface area contributed by atoms with Crippen LogP contribution in [0.3, 0.4) is 0 Å². The molecule has 0 amide bonds. The Morgan fingerprint density at radius 3 is 2.33 bits per heavy atom. The summed E-state index contributed by atoms with van der Waals surface area (Å²) >= 11 is 0. The van der Waals surface area contributed by atoms with Crippen molar-refractivity contribution in [3.8, 4) is 5.75 Å². The number of hydrogen-bond donors (Lipinski definition) is 1. The Hall–Kier alpha value is -1.25. The molecule has 1 heterocycles. The van der Waals surface area contributed by atoms with Crippen molar-refractivity contribution in [3.05, 3.63) is 24.3 Å². The van der Waals surface area contributed by atoms with Gasteiger partial charge in [-0.2, -0.15) is 4.31 Å². The second-order valence-electron chi connectivity index (χ2n) is 4.92. The van der Waals surface area contributed by atoms with Gasteiger partial charge >= 0.3 is 0 Å². The van der Waals surface area contributed by atoms with Crippen LogP contribution in [-0.2, 0) is 10.0 Å². The van der Waals surface area contributed by atoms with Crippen LogP contribution in [0.15, 0.2) is 29.2 Å². The van der Waals surface area contributed by atoms with Crippen LogP contribution in [0.2, 0.25) is 0 Å². The lowest BCUT2D eigenvalue weighted by Gasteiger charge is -2.29. The number of benzene rings is 1. The molecule has 0 aliphatic carbocycles. The maximum Gasteiger partial charge on any atom is 0.272 e. The van der Waals surface area contributed by atoms with Gasteiger partial charge in [0.15, 0.2) is 0 Å². The smallest absolute Gasteiger partial charge is 0.272 e. The number of rotatable bonds is 5. The Kier molecular flexibility index (Phi) is 5.13. The molecule has 0 atom stereocenters. The zero-order valence-corrected chi connectivity index (χ0v) is 12.2. The van der Waals surface area contributed by atoms with E-state index in [1.54, 1.807) is 0 Å². The van der Waals surface area contributed by atoms with E-state index in [1.807, 2.05) is 0 Å². The molecule has 1 aliphatic rings. The molecule has 0 bridgehead atoms. The molecular formula is C13H18F2N2O3S. The van der Waals surface area contributed by atoms with Crippen molar-refractivity contribution in [2.75, 3.05) is 19.7 Å².